The second-order valence-electron chi connectivity index (χ2n) is 7.55. The van der Waals surface area contributed by atoms with Crippen LogP contribution in [0.1, 0.15) is 36.7 Å². The number of rotatable bonds is 4. The third-order valence-corrected chi connectivity index (χ3v) is 5.14. The van der Waals surface area contributed by atoms with Crippen molar-refractivity contribution in [2.45, 2.75) is 33.6 Å². The molecule has 4 aromatic rings. The molecule has 140 valence electrons. The zero-order valence-corrected chi connectivity index (χ0v) is 16.8. The molecule has 4 rings (SSSR count). The minimum atomic E-state index is 0.279. The SMILES string of the molecule is Cc1ccccc1-c1ccc(-n2c(-c3ccccc3)nnc2C(C)C)cc1C. The molecular weight excluding hydrogens is 342 g/mol. The van der Waals surface area contributed by atoms with Crippen molar-refractivity contribution in [1.82, 2.24) is 14.8 Å². The standard InChI is InChI=1S/C25H25N3/c1-17(2)24-26-27-25(20-11-6-5-7-12-20)28(24)21-14-15-23(19(4)16-21)22-13-9-8-10-18(22)3/h5-17H,1-4H3. The summed E-state index contributed by atoms with van der Waals surface area (Å²) in [6, 6.07) is 25.4. The van der Waals surface area contributed by atoms with Gasteiger partial charge in [-0.2, -0.15) is 0 Å². The van der Waals surface area contributed by atoms with Crippen molar-refractivity contribution < 1.29 is 0 Å². The Kier molecular flexibility index (Phi) is 4.82. The van der Waals surface area contributed by atoms with Crippen LogP contribution in [-0.2, 0) is 0 Å². The van der Waals surface area contributed by atoms with Crippen LogP contribution in [0, 0.1) is 13.8 Å². The molecule has 0 N–H and O–H groups in total. The zero-order chi connectivity index (χ0) is 19.7. The molecule has 3 aromatic carbocycles. The summed E-state index contributed by atoms with van der Waals surface area (Å²) in [5.41, 5.74) is 7.25. The van der Waals surface area contributed by atoms with Gasteiger partial charge >= 0.3 is 0 Å². The fraction of sp³-hybridized carbons (Fsp3) is 0.200. The lowest BCUT2D eigenvalue weighted by Gasteiger charge is -2.16. The normalized spacial score (nSPS) is 11.2. The van der Waals surface area contributed by atoms with E-state index in [1.54, 1.807) is 0 Å². The van der Waals surface area contributed by atoms with Gasteiger partial charge in [0.15, 0.2) is 5.82 Å². The molecule has 0 radical (unpaired) electrons. The number of aryl methyl sites for hydroxylation is 2. The van der Waals surface area contributed by atoms with Crippen LogP contribution in [0.3, 0.4) is 0 Å². The Morgan fingerprint density at radius 2 is 1.39 bits per heavy atom. The smallest absolute Gasteiger partial charge is 0.168 e. The van der Waals surface area contributed by atoms with Crippen LogP contribution in [0.4, 0.5) is 0 Å². The first-order valence-corrected chi connectivity index (χ1v) is 9.74. The maximum absolute atomic E-state index is 4.52. The Morgan fingerprint density at radius 3 is 2.07 bits per heavy atom. The van der Waals surface area contributed by atoms with E-state index >= 15 is 0 Å². The number of benzene rings is 3. The fourth-order valence-corrected chi connectivity index (χ4v) is 3.66. The number of nitrogens with zero attached hydrogens (tertiary/aromatic N) is 3. The largest absolute Gasteiger partial charge is 0.279 e. The van der Waals surface area contributed by atoms with Crippen LogP contribution in [0.2, 0.25) is 0 Å². The first kappa shape index (κ1) is 18.2. The molecule has 0 fully saturated rings. The maximum Gasteiger partial charge on any atom is 0.168 e. The van der Waals surface area contributed by atoms with Gasteiger partial charge in [0.2, 0.25) is 0 Å². The predicted octanol–water partition coefficient (Wildman–Crippen LogP) is 6.34. The lowest BCUT2D eigenvalue weighted by Crippen LogP contribution is -2.05. The summed E-state index contributed by atoms with van der Waals surface area (Å²) in [6.45, 7) is 8.65. The highest BCUT2D eigenvalue weighted by Crippen LogP contribution is 2.31. The van der Waals surface area contributed by atoms with Crippen molar-refractivity contribution >= 4 is 0 Å². The minimum absolute atomic E-state index is 0.279. The Morgan fingerprint density at radius 1 is 0.714 bits per heavy atom. The predicted molar refractivity (Wildman–Crippen MR) is 116 cm³/mol. The van der Waals surface area contributed by atoms with Gasteiger partial charge in [-0.05, 0) is 48.2 Å². The molecule has 1 aromatic heterocycles. The molecule has 0 aliphatic carbocycles. The lowest BCUT2D eigenvalue weighted by molar-refractivity contribution is 0.746. The van der Waals surface area contributed by atoms with Gasteiger partial charge in [0, 0.05) is 17.2 Å². The highest BCUT2D eigenvalue weighted by molar-refractivity contribution is 5.72. The van der Waals surface area contributed by atoms with Crippen LogP contribution < -0.4 is 0 Å². The van der Waals surface area contributed by atoms with Gasteiger partial charge in [0.25, 0.3) is 0 Å². The van der Waals surface area contributed by atoms with Crippen LogP contribution in [0.25, 0.3) is 28.2 Å². The molecule has 28 heavy (non-hydrogen) atoms. The molecule has 0 bridgehead atoms. The average molecular weight is 367 g/mol. The fourth-order valence-electron chi connectivity index (χ4n) is 3.66. The topological polar surface area (TPSA) is 30.7 Å². The molecule has 0 unspecified atom stereocenters. The molecular formula is C25H25N3. The Hall–Kier alpha value is -3.20. The molecule has 0 amide bonds. The maximum atomic E-state index is 4.52. The van der Waals surface area contributed by atoms with Gasteiger partial charge in [0.1, 0.15) is 5.82 Å². The zero-order valence-electron chi connectivity index (χ0n) is 16.8. The van der Waals surface area contributed by atoms with Gasteiger partial charge in [-0.25, -0.2) is 0 Å². The summed E-state index contributed by atoms with van der Waals surface area (Å²) in [7, 11) is 0. The van der Waals surface area contributed by atoms with E-state index in [1.165, 1.54) is 22.3 Å². The second kappa shape index (κ2) is 7.43. The van der Waals surface area contributed by atoms with E-state index in [-0.39, 0.29) is 5.92 Å². The van der Waals surface area contributed by atoms with E-state index < -0.39 is 0 Å². The first-order valence-electron chi connectivity index (χ1n) is 9.74. The van der Waals surface area contributed by atoms with Gasteiger partial charge in [-0.3, -0.25) is 4.57 Å². The molecule has 0 saturated carbocycles. The quantitative estimate of drug-likeness (QED) is 0.421. The number of hydrogen-bond donors (Lipinski definition) is 0. The van der Waals surface area contributed by atoms with Crippen molar-refractivity contribution in [3.05, 3.63) is 89.7 Å². The molecule has 1 heterocycles. The minimum Gasteiger partial charge on any atom is -0.279 e. The highest BCUT2D eigenvalue weighted by atomic mass is 15.3. The molecule has 0 atom stereocenters. The molecule has 0 saturated heterocycles. The molecule has 0 spiro atoms. The number of hydrogen-bond acceptors (Lipinski definition) is 2. The first-order chi connectivity index (χ1) is 13.6. The van der Waals surface area contributed by atoms with E-state index in [2.05, 4.69) is 97.1 Å². The summed E-state index contributed by atoms with van der Waals surface area (Å²) in [6.07, 6.45) is 0. The Balaban J connectivity index is 1.87. The van der Waals surface area contributed by atoms with Gasteiger partial charge in [-0.1, -0.05) is 74.5 Å². The van der Waals surface area contributed by atoms with Crippen LogP contribution in [0.15, 0.2) is 72.8 Å². The second-order valence-corrected chi connectivity index (χ2v) is 7.55. The summed E-state index contributed by atoms with van der Waals surface area (Å²) < 4.78 is 2.19. The van der Waals surface area contributed by atoms with Crippen molar-refractivity contribution in [3.63, 3.8) is 0 Å². The van der Waals surface area contributed by atoms with Crippen molar-refractivity contribution in [3.8, 4) is 28.2 Å². The van der Waals surface area contributed by atoms with E-state index in [0.717, 1.165) is 22.9 Å². The Bertz CT molecular complexity index is 1110. The summed E-state index contributed by atoms with van der Waals surface area (Å²) in [5, 5.41) is 9.03. The van der Waals surface area contributed by atoms with E-state index in [9.17, 15) is 0 Å². The average Bonchev–Trinajstić information content (AvgIpc) is 3.15. The number of aromatic nitrogens is 3. The summed E-state index contributed by atoms with van der Waals surface area (Å²) in [5.74, 6) is 2.13. The van der Waals surface area contributed by atoms with E-state index in [1.807, 2.05) is 18.2 Å². The lowest BCUT2D eigenvalue weighted by atomic mass is 9.96. The van der Waals surface area contributed by atoms with Crippen LogP contribution in [-0.4, -0.2) is 14.8 Å². The van der Waals surface area contributed by atoms with E-state index in [0.29, 0.717) is 0 Å². The molecule has 0 aliphatic rings. The van der Waals surface area contributed by atoms with Crippen LogP contribution in [0.5, 0.6) is 0 Å². The van der Waals surface area contributed by atoms with Crippen molar-refractivity contribution in [2.75, 3.05) is 0 Å². The highest BCUT2D eigenvalue weighted by Gasteiger charge is 2.18. The van der Waals surface area contributed by atoms with Gasteiger partial charge in [-0.15, -0.1) is 10.2 Å². The molecule has 3 heteroatoms. The van der Waals surface area contributed by atoms with E-state index in [4.69, 9.17) is 0 Å². The van der Waals surface area contributed by atoms with Gasteiger partial charge in [0.05, 0.1) is 0 Å². The third-order valence-electron chi connectivity index (χ3n) is 5.14. The van der Waals surface area contributed by atoms with Gasteiger partial charge < -0.3 is 0 Å². The Labute approximate surface area is 166 Å². The molecule has 0 aliphatic heterocycles. The summed E-state index contributed by atoms with van der Waals surface area (Å²) >= 11 is 0. The molecule has 3 nitrogen and oxygen atoms in total. The summed E-state index contributed by atoms with van der Waals surface area (Å²) in [4.78, 5) is 0. The van der Waals surface area contributed by atoms with Crippen molar-refractivity contribution in [2.24, 2.45) is 0 Å². The monoisotopic (exact) mass is 367 g/mol. The van der Waals surface area contributed by atoms with Crippen LogP contribution >= 0.6 is 0 Å². The third kappa shape index (κ3) is 3.24. The van der Waals surface area contributed by atoms with Crippen molar-refractivity contribution in [1.29, 1.82) is 0 Å².